The molecule has 0 spiro atoms. The Kier molecular flexibility index (Phi) is 5.25. The Morgan fingerprint density at radius 3 is 2.25 bits per heavy atom. The van der Waals surface area contributed by atoms with Crippen LogP contribution in [-0.4, -0.2) is 37.0 Å². The van der Waals surface area contributed by atoms with Crippen molar-refractivity contribution in [2.75, 3.05) is 26.2 Å². The van der Waals surface area contributed by atoms with E-state index in [4.69, 9.17) is 0 Å². The highest BCUT2D eigenvalue weighted by Gasteiger charge is 2.17. The van der Waals surface area contributed by atoms with Gasteiger partial charge in [0.1, 0.15) is 0 Å². The molecule has 1 amide bonds. The molecule has 1 N–H and O–H groups in total. The molecule has 1 saturated heterocycles. The lowest BCUT2D eigenvalue weighted by Gasteiger charge is -2.28. The molecule has 1 fully saturated rings. The van der Waals surface area contributed by atoms with Gasteiger partial charge >= 0.3 is 0 Å². The summed E-state index contributed by atoms with van der Waals surface area (Å²) < 4.78 is 0. The molecule has 1 rings (SSSR count). The van der Waals surface area contributed by atoms with Crippen LogP contribution in [-0.2, 0) is 4.79 Å². The van der Waals surface area contributed by atoms with Gasteiger partial charge in [-0.25, -0.2) is 0 Å². The standard InChI is InChI=1S/C8H16N2O.ClH/c1-7(2)8(11)10-5-3-9-4-6-10;/h7,9H,3-6H2,1-2H3;1H. The molecule has 1 heterocycles. The molecule has 1 aliphatic heterocycles. The van der Waals surface area contributed by atoms with E-state index < -0.39 is 0 Å². The molecule has 0 unspecified atom stereocenters. The summed E-state index contributed by atoms with van der Waals surface area (Å²) in [4.78, 5) is 13.3. The molecule has 72 valence electrons. The lowest BCUT2D eigenvalue weighted by Crippen LogP contribution is -2.47. The Labute approximate surface area is 79.9 Å². The van der Waals surface area contributed by atoms with Crippen LogP contribution in [0, 0.1) is 5.92 Å². The van der Waals surface area contributed by atoms with Gasteiger partial charge in [-0.2, -0.15) is 0 Å². The highest BCUT2D eigenvalue weighted by Crippen LogP contribution is 2.01. The van der Waals surface area contributed by atoms with Gasteiger partial charge in [0.05, 0.1) is 0 Å². The molecule has 1 aliphatic rings. The quantitative estimate of drug-likeness (QED) is 0.656. The maximum Gasteiger partial charge on any atom is 0.225 e. The maximum absolute atomic E-state index is 11.4. The predicted octanol–water partition coefficient (Wildman–Crippen LogP) is 0.496. The molecule has 0 aromatic carbocycles. The highest BCUT2D eigenvalue weighted by molar-refractivity contribution is 5.85. The second kappa shape index (κ2) is 5.38. The van der Waals surface area contributed by atoms with Crippen molar-refractivity contribution < 1.29 is 4.79 Å². The number of rotatable bonds is 1. The van der Waals surface area contributed by atoms with Gasteiger partial charge in [-0.05, 0) is 0 Å². The van der Waals surface area contributed by atoms with Crippen LogP contribution in [0.3, 0.4) is 0 Å². The van der Waals surface area contributed by atoms with Gasteiger partial charge in [0.15, 0.2) is 0 Å². The minimum atomic E-state index is 0. The third-order valence-corrected chi connectivity index (χ3v) is 1.92. The Morgan fingerprint density at radius 2 is 1.83 bits per heavy atom. The van der Waals surface area contributed by atoms with E-state index in [1.54, 1.807) is 0 Å². The van der Waals surface area contributed by atoms with Gasteiger partial charge in [0.2, 0.25) is 5.91 Å². The summed E-state index contributed by atoms with van der Waals surface area (Å²) in [5.74, 6) is 0.430. The average Bonchev–Trinajstić information content (AvgIpc) is 2.05. The van der Waals surface area contributed by atoms with Crippen molar-refractivity contribution in [1.29, 1.82) is 0 Å². The fourth-order valence-corrected chi connectivity index (χ4v) is 1.25. The van der Waals surface area contributed by atoms with Crippen molar-refractivity contribution in [1.82, 2.24) is 10.2 Å². The summed E-state index contributed by atoms with van der Waals surface area (Å²) in [6.45, 7) is 7.53. The molecular formula is C8H17ClN2O. The highest BCUT2D eigenvalue weighted by atomic mass is 35.5. The molecule has 0 saturated carbocycles. The number of halogens is 1. The predicted molar refractivity (Wildman–Crippen MR) is 51.5 cm³/mol. The van der Waals surface area contributed by atoms with Gasteiger partial charge in [-0.3, -0.25) is 4.79 Å². The lowest BCUT2D eigenvalue weighted by atomic mass is 10.2. The first-order valence-electron chi connectivity index (χ1n) is 4.21. The number of carbonyl (C=O) groups is 1. The second-order valence-corrected chi connectivity index (χ2v) is 3.23. The second-order valence-electron chi connectivity index (χ2n) is 3.23. The monoisotopic (exact) mass is 192 g/mol. The number of amides is 1. The lowest BCUT2D eigenvalue weighted by molar-refractivity contribution is -0.134. The molecule has 0 aromatic heterocycles. The van der Waals surface area contributed by atoms with Crippen LogP contribution in [0.1, 0.15) is 13.8 Å². The van der Waals surface area contributed by atoms with E-state index in [0.29, 0.717) is 0 Å². The van der Waals surface area contributed by atoms with Crippen molar-refractivity contribution in [3.8, 4) is 0 Å². The first kappa shape index (κ1) is 11.7. The summed E-state index contributed by atoms with van der Waals surface area (Å²) in [6.07, 6.45) is 0. The zero-order valence-corrected chi connectivity index (χ0v) is 8.49. The Morgan fingerprint density at radius 1 is 1.33 bits per heavy atom. The van der Waals surface area contributed by atoms with E-state index in [1.165, 1.54) is 0 Å². The molecule has 12 heavy (non-hydrogen) atoms. The normalized spacial score (nSPS) is 17.4. The van der Waals surface area contributed by atoms with E-state index in [1.807, 2.05) is 18.7 Å². The fourth-order valence-electron chi connectivity index (χ4n) is 1.25. The van der Waals surface area contributed by atoms with Crippen LogP contribution >= 0.6 is 12.4 Å². The molecule has 4 heteroatoms. The minimum absolute atomic E-state index is 0. The van der Waals surface area contributed by atoms with Crippen LogP contribution in [0.25, 0.3) is 0 Å². The maximum atomic E-state index is 11.4. The van der Waals surface area contributed by atoms with Gasteiger partial charge < -0.3 is 10.2 Å². The summed E-state index contributed by atoms with van der Waals surface area (Å²) >= 11 is 0. The Balaban J connectivity index is 0.00000121. The Bertz CT molecular complexity index is 144. The fraction of sp³-hybridized carbons (Fsp3) is 0.875. The SMILES string of the molecule is CC(C)C(=O)N1CCNCC1.Cl. The minimum Gasteiger partial charge on any atom is -0.340 e. The van der Waals surface area contributed by atoms with E-state index in [-0.39, 0.29) is 24.2 Å². The van der Waals surface area contributed by atoms with Crippen LogP contribution < -0.4 is 5.32 Å². The molecular weight excluding hydrogens is 176 g/mol. The van der Waals surface area contributed by atoms with E-state index in [2.05, 4.69) is 5.32 Å². The molecule has 0 aliphatic carbocycles. The summed E-state index contributed by atoms with van der Waals surface area (Å²) in [5.41, 5.74) is 0. The largest absolute Gasteiger partial charge is 0.340 e. The zero-order chi connectivity index (χ0) is 8.27. The Hall–Kier alpha value is -0.280. The van der Waals surface area contributed by atoms with Gasteiger partial charge in [-0.1, -0.05) is 13.8 Å². The summed E-state index contributed by atoms with van der Waals surface area (Å²) in [7, 11) is 0. The zero-order valence-electron chi connectivity index (χ0n) is 7.67. The molecule has 0 aromatic rings. The van der Waals surface area contributed by atoms with E-state index in [9.17, 15) is 4.79 Å². The third kappa shape index (κ3) is 2.99. The summed E-state index contributed by atoms with van der Waals surface area (Å²) in [6, 6.07) is 0. The van der Waals surface area contributed by atoms with Gasteiger partial charge in [0, 0.05) is 32.1 Å². The first-order chi connectivity index (χ1) is 5.22. The van der Waals surface area contributed by atoms with E-state index >= 15 is 0 Å². The van der Waals surface area contributed by atoms with E-state index in [0.717, 1.165) is 26.2 Å². The van der Waals surface area contributed by atoms with Crippen LogP contribution in [0.5, 0.6) is 0 Å². The van der Waals surface area contributed by atoms with Crippen molar-refractivity contribution in [2.24, 2.45) is 5.92 Å². The smallest absolute Gasteiger partial charge is 0.225 e. The number of hydrogen-bond acceptors (Lipinski definition) is 2. The van der Waals surface area contributed by atoms with Crippen LogP contribution in [0.4, 0.5) is 0 Å². The van der Waals surface area contributed by atoms with Crippen molar-refractivity contribution in [3.05, 3.63) is 0 Å². The summed E-state index contributed by atoms with van der Waals surface area (Å²) in [5, 5.41) is 3.21. The number of piperazine rings is 1. The third-order valence-electron chi connectivity index (χ3n) is 1.92. The van der Waals surface area contributed by atoms with Crippen molar-refractivity contribution in [2.45, 2.75) is 13.8 Å². The number of nitrogens with zero attached hydrogens (tertiary/aromatic N) is 1. The molecule has 0 bridgehead atoms. The molecule has 0 radical (unpaired) electrons. The number of nitrogens with one attached hydrogen (secondary N) is 1. The number of carbonyl (C=O) groups excluding carboxylic acids is 1. The molecule has 0 atom stereocenters. The topological polar surface area (TPSA) is 32.3 Å². The first-order valence-corrected chi connectivity index (χ1v) is 4.21. The van der Waals surface area contributed by atoms with Crippen molar-refractivity contribution in [3.63, 3.8) is 0 Å². The van der Waals surface area contributed by atoms with Gasteiger partial charge in [0.25, 0.3) is 0 Å². The number of hydrogen-bond donors (Lipinski definition) is 1. The van der Waals surface area contributed by atoms with Crippen molar-refractivity contribution >= 4 is 18.3 Å². The van der Waals surface area contributed by atoms with Gasteiger partial charge in [-0.15, -0.1) is 12.4 Å². The van der Waals surface area contributed by atoms with Crippen LogP contribution in [0.15, 0.2) is 0 Å². The molecule has 3 nitrogen and oxygen atoms in total. The average molecular weight is 193 g/mol. The van der Waals surface area contributed by atoms with Crippen LogP contribution in [0.2, 0.25) is 0 Å².